The van der Waals surface area contributed by atoms with Crippen LogP contribution in [-0.4, -0.2) is 20.7 Å². The number of hydrogen-bond acceptors (Lipinski definition) is 4. The molecule has 1 amide bonds. The van der Waals surface area contributed by atoms with E-state index in [1.165, 1.54) is 11.1 Å². The number of benzene rings is 3. The molecule has 1 aromatic heterocycles. The number of aromatic nitrogens is 3. The molecule has 0 aliphatic rings. The second-order valence-corrected chi connectivity index (χ2v) is 9.92. The molecule has 5 nitrogen and oxygen atoms in total. The fraction of sp³-hybridized carbons (Fsp3) is 0.222. The highest BCUT2D eigenvalue weighted by molar-refractivity contribution is 7.98. The molecule has 4 rings (SSSR count). The second kappa shape index (κ2) is 11.8. The third kappa shape index (κ3) is 6.07. The Morgan fingerprint density at radius 1 is 1.03 bits per heavy atom. The first-order valence-electron chi connectivity index (χ1n) is 11.4. The number of carbonyl (C=O) groups excluding carboxylic acids is 1. The Kier molecular flexibility index (Phi) is 8.50. The van der Waals surface area contributed by atoms with E-state index in [-0.39, 0.29) is 18.4 Å². The van der Waals surface area contributed by atoms with Gasteiger partial charge in [-0.05, 0) is 48.2 Å². The van der Waals surface area contributed by atoms with Crippen molar-refractivity contribution in [2.75, 3.05) is 0 Å². The van der Waals surface area contributed by atoms with Gasteiger partial charge in [0.1, 0.15) is 0 Å². The fourth-order valence-electron chi connectivity index (χ4n) is 3.87. The van der Waals surface area contributed by atoms with Crippen LogP contribution < -0.4 is 5.32 Å². The highest BCUT2D eigenvalue weighted by Crippen LogP contribution is 2.31. The third-order valence-electron chi connectivity index (χ3n) is 5.81. The molecule has 1 heterocycles. The number of rotatable bonds is 9. The molecule has 35 heavy (non-hydrogen) atoms. The van der Waals surface area contributed by atoms with E-state index in [2.05, 4.69) is 34.6 Å². The quantitative estimate of drug-likeness (QED) is 0.240. The van der Waals surface area contributed by atoms with Gasteiger partial charge < -0.3 is 5.32 Å². The van der Waals surface area contributed by atoms with Crippen LogP contribution in [0.2, 0.25) is 10.0 Å². The fourth-order valence-corrected chi connectivity index (χ4v) is 5.28. The monoisotopic (exact) mass is 524 g/mol. The topological polar surface area (TPSA) is 59.8 Å². The van der Waals surface area contributed by atoms with Crippen LogP contribution in [0, 0.1) is 6.92 Å². The molecule has 180 valence electrons. The van der Waals surface area contributed by atoms with E-state index in [4.69, 9.17) is 23.2 Å². The lowest BCUT2D eigenvalue weighted by atomic mass is 9.96. The van der Waals surface area contributed by atoms with E-state index in [1.807, 2.05) is 54.0 Å². The molecule has 3 aromatic carbocycles. The minimum atomic E-state index is -0.239. The van der Waals surface area contributed by atoms with Crippen molar-refractivity contribution in [2.45, 2.75) is 43.6 Å². The Morgan fingerprint density at radius 2 is 1.77 bits per heavy atom. The van der Waals surface area contributed by atoms with Crippen LogP contribution in [0.1, 0.15) is 41.8 Å². The zero-order valence-corrected chi connectivity index (χ0v) is 21.9. The normalized spacial score (nSPS) is 11.9. The SMILES string of the molecule is CCC(C(=O)NCc1nnc(SCc2ccccc2C)n1-c1cc(Cl)ccc1Cl)c1ccccc1. The van der Waals surface area contributed by atoms with Crippen molar-refractivity contribution in [2.24, 2.45) is 0 Å². The maximum atomic E-state index is 13.1. The smallest absolute Gasteiger partial charge is 0.227 e. The van der Waals surface area contributed by atoms with E-state index in [0.717, 1.165) is 11.3 Å². The summed E-state index contributed by atoms with van der Waals surface area (Å²) in [6.07, 6.45) is 0.695. The van der Waals surface area contributed by atoms with Gasteiger partial charge in [0.15, 0.2) is 11.0 Å². The van der Waals surface area contributed by atoms with E-state index in [0.29, 0.717) is 33.1 Å². The molecule has 0 fully saturated rings. The van der Waals surface area contributed by atoms with E-state index < -0.39 is 0 Å². The molecule has 0 aliphatic carbocycles. The minimum absolute atomic E-state index is 0.0560. The molecule has 0 spiro atoms. The van der Waals surface area contributed by atoms with Gasteiger partial charge >= 0.3 is 0 Å². The molecule has 0 saturated heterocycles. The van der Waals surface area contributed by atoms with E-state index in [1.54, 1.807) is 30.0 Å². The van der Waals surface area contributed by atoms with Crippen molar-refractivity contribution >= 4 is 40.9 Å². The van der Waals surface area contributed by atoms with Crippen molar-refractivity contribution in [3.63, 3.8) is 0 Å². The predicted octanol–water partition coefficient (Wildman–Crippen LogP) is 6.98. The van der Waals surface area contributed by atoms with Gasteiger partial charge in [-0.3, -0.25) is 9.36 Å². The molecule has 0 radical (unpaired) electrons. The number of aryl methyl sites for hydroxylation is 1. The summed E-state index contributed by atoms with van der Waals surface area (Å²) in [7, 11) is 0. The molecule has 0 aliphatic heterocycles. The van der Waals surface area contributed by atoms with Gasteiger partial charge in [-0.2, -0.15) is 0 Å². The molecule has 0 saturated carbocycles. The number of amides is 1. The van der Waals surface area contributed by atoms with Crippen molar-refractivity contribution in [1.82, 2.24) is 20.1 Å². The van der Waals surface area contributed by atoms with Gasteiger partial charge in [0.25, 0.3) is 0 Å². The number of carbonyl (C=O) groups is 1. The number of nitrogens with zero attached hydrogens (tertiary/aromatic N) is 3. The van der Waals surface area contributed by atoms with Crippen molar-refractivity contribution in [3.05, 3.63) is 105 Å². The first-order valence-corrected chi connectivity index (χ1v) is 13.1. The van der Waals surface area contributed by atoms with E-state index >= 15 is 0 Å². The molecule has 1 atom stereocenters. The Bertz CT molecular complexity index is 1310. The summed E-state index contributed by atoms with van der Waals surface area (Å²) >= 11 is 14.4. The predicted molar refractivity (Wildman–Crippen MR) is 143 cm³/mol. The van der Waals surface area contributed by atoms with Crippen LogP contribution in [0.5, 0.6) is 0 Å². The molecule has 8 heteroatoms. The first-order chi connectivity index (χ1) is 17.0. The lowest BCUT2D eigenvalue weighted by Gasteiger charge is -2.16. The first kappa shape index (κ1) is 25.3. The maximum Gasteiger partial charge on any atom is 0.227 e. The van der Waals surface area contributed by atoms with Crippen LogP contribution in [0.25, 0.3) is 5.69 Å². The molecular weight excluding hydrogens is 499 g/mol. The molecule has 1 unspecified atom stereocenters. The number of nitrogens with one attached hydrogen (secondary N) is 1. The lowest BCUT2D eigenvalue weighted by Crippen LogP contribution is -2.29. The molecule has 0 bridgehead atoms. The van der Waals surface area contributed by atoms with Crippen LogP contribution >= 0.6 is 35.0 Å². The van der Waals surface area contributed by atoms with Crippen LogP contribution in [-0.2, 0) is 17.1 Å². The van der Waals surface area contributed by atoms with Gasteiger partial charge in [0.05, 0.1) is 23.2 Å². The average Bonchev–Trinajstić information content (AvgIpc) is 3.27. The Hall–Kier alpha value is -2.80. The summed E-state index contributed by atoms with van der Waals surface area (Å²) in [6, 6.07) is 23.3. The van der Waals surface area contributed by atoms with Gasteiger partial charge in [0.2, 0.25) is 5.91 Å². The highest BCUT2D eigenvalue weighted by atomic mass is 35.5. The molecule has 1 N–H and O–H groups in total. The van der Waals surface area contributed by atoms with Gasteiger partial charge in [-0.1, -0.05) is 96.5 Å². The summed E-state index contributed by atoms with van der Waals surface area (Å²) in [5.74, 6) is 1.01. The third-order valence-corrected chi connectivity index (χ3v) is 7.35. The van der Waals surface area contributed by atoms with Crippen molar-refractivity contribution in [3.8, 4) is 5.69 Å². The highest BCUT2D eigenvalue weighted by Gasteiger charge is 2.21. The summed E-state index contributed by atoms with van der Waals surface area (Å²) in [5.41, 5.74) is 4.09. The average molecular weight is 526 g/mol. The second-order valence-electron chi connectivity index (χ2n) is 8.13. The lowest BCUT2D eigenvalue weighted by molar-refractivity contribution is -0.122. The Balaban J connectivity index is 1.61. The van der Waals surface area contributed by atoms with Gasteiger partial charge in [-0.25, -0.2) is 0 Å². The number of thioether (sulfide) groups is 1. The van der Waals surface area contributed by atoms with Crippen LogP contribution in [0.4, 0.5) is 0 Å². The Labute approximate surface area is 219 Å². The van der Waals surface area contributed by atoms with Gasteiger partial charge in [-0.15, -0.1) is 10.2 Å². The summed E-state index contributed by atoms with van der Waals surface area (Å²) in [4.78, 5) is 13.1. The van der Waals surface area contributed by atoms with Crippen LogP contribution in [0.15, 0.2) is 78.0 Å². The Morgan fingerprint density at radius 3 is 2.51 bits per heavy atom. The molecule has 4 aromatic rings. The maximum absolute atomic E-state index is 13.1. The molecular formula is C27H26Cl2N4OS. The zero-order chi connectivity index (χ0) is 24.8. The summed E-state index contributed by atoms with van der Waals surface area (Å²) in [5, 5.41) is 13.6. The number of halogens is 2. The zero-order valence-electron chi connectivity index (χ0n) is 19.5. The number of hydrogen-bond donors (Lipinski definition) is 1. The van der Waals surface area contributed by atoms with Crippen LogP contribution in [0.3, 0.4) is 0 Å². The van der Waals surface area contributed by atoms with Crippen molar-refractivity contribution in [1.29, 1.82) is 0 Å². The largest absolute Gasteiger partial charge is 0.348 e. The van der Waals surface area contributed by atoms with Gasteiger partial charge in [0, 0.05) is 10.8 Å². The summed E-state index contributed by atoms with van der Waals surface area (Å²) < 4.78 is 1.88. The minimum Gasteiger partial charge on any atom is -0.348 e. The summed E-state index contributed by atoms with van der Waals surface area (Å²) in [6.45, 7) is 4.31. The van der Waals surface area contributed by atoms with E-state index in [9.17, 15) is 4.79 Å². The standard InChI is InChI=1S/C27H26Cl2N4OS/c1-3-22(19-10-5-4-6-11-19)26(34)30-16-25-31-32-27(35-17-20-12-8-7-9-18(20)2)33(25)24-15-21(28)13-14-23(24)29/h4-15,22H,3,16-17H2,1-2H3,(H,30,34). The van der Waals surface area contributed by atoms with Crippen molar-refractivity contribution < 1.29 is 4.79 Å².